The van der Waals surface area contributed by atoms with Crippen LogP contribution < -0.4 is 0 Å². The molecule has 282 valence electrons. The molecule has 0 amide bonds. The van der Waals surface area contributed by atoms with E-state index in [1.54, 1.807) is 0 Å². The van der Waals surface area contributed by atoms with E-state index in [2.05, 4.69) is 147 Å². The predicted octanol–water partition coefficient (Wildman–Crippen LogP) is 13.9. The van der Waals surface area contributed by atoms with E-state index in [-0.39, 0.29) is 5.41 Å². The first kappa shape index (κ1) is 35.0. The van der Waals surface area contributed by atoms with Crippen molar-refractivity contribution in [2.45, 2.75) is 32.6 Å². The van der Waals surface area contributed by atoms with Gasteiger partial charge in [0.05, 0.1) is 11.0 Å². The normalized spacial score (nSPS) is 15.5. The van der Waals surface area contributed by atoms with E-state index in [0.29, 0.717) is 23.4 Å². The van der Waals surface area contributed by atoms with Gasteiger partial charge in [-0.3, -0.25) is 0 Å². The summed E-state index contributed by atoms with van der Waals surface area (Å²) < 4.78 is 2.41. The summed E-state index contributed by atoms with van der Waals surface area (Å²) in [5.74, 6) is 2.47. The average molecular weight is 759 g/mol. The highest BCUT2D eigenvalue weighted by molar-refractivity contribution is 6.16. The van der Waals surface area contributed by atoms with Gasteiger partial charge in [0.15, 0.2) is 17.5 Å². The number of rotatable bonds is 6. The molecular weight excluding hydrogens is 717 g/mol. The van der Waals surface area contributed by atoms with Crippen LogP contribution in [0.2, 0.25) is 0 Å². The Morgan fingerprint density at radius 3 is 1.81 bits per heavy atom. The molecule has 4 heteroatoms. The number of para-hydroxylation sites is 1. The highest BCUT2D eigenvalue weighted by atomic mass is 15.0. The Kier molecular flexibility index (Phi) is 8.16. The minimum atomic E-state index is -0.0419. The van der Waals surface area contributed by atoms with Crippen molar-refractivity contribution in [3.8, 4) is 62.1 Å². The zero-order chi connectivity index (χ0) is 39.7. The number of hydrogen-bond acceptors (Lipinski definition) is 3. The van der Waals surface area contributed by atoms with Crippen molar-refractivity contribution >= 4 is 27.4 Å². The van der Waals surface area contributed by atoms with Gasteiger partial charge in [-0.1, -0.05) is 160 Å². The SMILES string of the molecule is CC1CC=CC2=C1c1ccc(-c3ccc4c(c3)c3c(-c5cccc(-c6nc(-c7ccccc7)nc(-c7ccccc7)n6)c5)cccc3n4-c3ccccc3)cc1C2(C)C. The lowest BCUT2D eigenvalue weighted by atomic mass is 9.78. The zero-order valence-electron chi connectivity index (χ0n) is 33.4. The Balaban J connectivity index is 1.09. The largest absolute Gasteiger partial charge is 0.309 e. The average Bonchev–Trinajstić information content (AvgIpc) is 3.75. The molecule has 9 aromatic rings. The molecule has 2 aliphatic carbocycles. The molecule has 0 radical (unpaired) electrons. The number of fused-ring (bicyclic) bond motifs is 5. The van der Waals surface area contributed by atoms with Crippen LogP contribution in [0.15, 0.2) is 188 Å². The maximum Gasteiger partial charge on any atom is 0.164 e. The summed E-state index contributed by atoms with van der Waals surface area (Å²) in [5.41, 5.74) is 16.8. The Hall–Kier alpha value is -7.17. The summed E-state index contributed by atoms with van der Waals surface area (Å²) in [5, 5.41) is 2.43. The Labute approximate surface area is 344 Å². The van der Waals surface area contributed by atoms with Gasteiger partial charge >= 0.3 is 0 Å². The summed E-state index contributed by atoms with van der Waals surface area (Å²) in [6.07, 6.45) is 5.83. The van der Waals surface area contributed by atoms with Gasteiger partial charge in [0.2, 0.25) is 0 Å². The van der Waals surface area contributed by atoms with Crippen molar-refractivity contribution < 1.29 is 0 Å². The maximum atomic E-state index is 5.06. The van der Waals surface area contributed by atoms with Gasteiger partial charge in [0.1, 0.15) is 0 Å². The second-order valence-corrected chi connectivity index (χ2v) is 16.5. The standard InChI is InChI=1S/C55H42N4/c1-35-16-13-26-46-50(35)44-30-28-39(34-47(44)55(46,2)3)38-29-31-48-45(33-38)51-43(25-15-27-49(51)59(48)42-23-11-6-12-24-42)40-21-14-22-41(32-40)54-57-52(36-17-7-4-8-18-36)56-53(58-54)37-19-9-5-10-20-37/h4-15,17-35H,16H2,1-3H3. The third kappa shape index (κ3) is 5.78. The van der Waals surface area contributed by atoms with Gasteiger partial charge < -0.3 is 4.57 Å². The van der Waals surface area contributed by atoms with E-state index in [1.807, 2.05) is 60.7 Å². The third-order valence-corrected chi connectivity index (χ3v) is 12.5. The molecule has 7 aromatic carbocycles. The van der Waals surface area contributed by atoms with E-state index in [1.165, 1.54) is 49.7 Å². The van der Waals surface area contributed by atoms with Gasteiger partial charge in [-0.25, -0.2) is 15.0 Å². The number of allylic oxidation sites excluding steroid dienone is 4. The zero-order valence-corrected chi connectivity index (χ0v) is 33.4. The molecule has 11 rings (SSSR count). The molecule has 4 nitrogen and oxygen atoms in total. The number of benzene rings is 7. The first-order chi connectivity index (χ1) is 28.9. The molecule has 0 N–H and O–H groups in total. The molecular formula is C55H42N4. The summed E-state index contributed by atoms with van der Waals surface area (Å²) >= 11 is 0. The lowest BCUT2D eigenvalue weighted by molar-refractivity contribution is 0.643. The number of aromatic nitrogens is 4. The van der Waals surface area contributed by atoms with Gasteiger partial charge in [-0.05, 0) is 99.3 Å². The molecule has 2 aliphatic rings. The van der Waals surface area contributed by atoms with Crippen LogP contribution in [-0.4, -0.2) is 19.5 Å². The van der Waals surface area contributed by atoms with Crippen LogP contribution in [0.4, 0.5) is 0 Å². The molecule has 1 atom stereocenters. The second-order valence-electron chi connectivity index (χ2n) is 16.5. The maximum absolute atomic E-state index is 5.06. The summed E-state index contributed by atoms with van der Waals surface area (Å²) in [6.45, 7) is 7.15. The van der Waals surface area contributed by atoms with Crippen LogP contribution in [0, 0.1) is 5.92 Å². The second kappa shape index (κ2) is 13.7. The molecule has 1 unspecified atom stereocenters. The highest BCUT2D eigenvalue weighted by Crippen LogP contribution is 2.52. The van der Waals surface area contributed by atoms with Crippen molar-refractivity contribution in [3.05, 3.63) is 199 Å². The Bertz CT molecular complexity index is 3100. The highest BCUT2D eigenvalue weighted by Gasteiger charge is 2.39. The topological polar surface area (TPSA) is 43.6 Å². The van der Waals surface area contributed by atoms with Crippen molar-refractivity contribution in [1.82, 2.24) is 19.5 Å². The molecule has 0 fully saturated rings. The molecule has 0 saturated heterocycles. The van der Waals surface area contributed by atoms with Gasteiger partial charge in [0, 0.05) is 38.6 Å². The van der Waals surface area contributed by atoms with E-state index in [0.717, 1.165) is 45.4 Å². The van der Waals surface area contributed by atoms with E-state index < -0.39 is 0 Å². The molecule has 0 bridgehead atoms. The van der Waals surface area contributed by atoms with Gasteiger partial charge in [-0.15, -0.1) is 0 Å². The van der Waals surface area contributed by atoms with Crippen LogP contribution >= 0.6 is 0 Å². The fourth-order valence-electron chi connectivity index (χ4n) is 9.55. The smallest absolute Gasteiger partial charge is 0.164 e. The molecule has 0 saturated carbocycles. The van der Waals surface area contributed by atoms with Crippen LogP contribution in [0.3, 0.4) is 0 Å². The van der Waals surface area contributed by atoms with Crippen LogP contribution in [0.1, 0.15) is 38.3 Å². The first-order valence-corrected chi connectivity index (χ1v) is 20.6. The predicted molar refractivity (Wildman–Crippen MR) is 244 cm³/mol. The van der Waals surface area contributed by atoms with Gasteiger partial charge in [-0.2, -0.15) is 0 Å². The van der Waals surface area contributed by atoms with E-state index in [4.69, 9.17) is 15.0 Å². The fourth-order valence-corrected chi connectivity index (χ4v) is 9.55. The first-order valence-electron chi connectivity index (χ1n) is 20.6. The van der Waals surface area contributed by atoms with Crippen molar-refractivity contribution in [2.24, 2.45) is 5.92 Å². The summed E-state index contributed by atoms with van der Waals surface area (Å²) in [7, 11) is 0. The Morgan fingerprint density at radius 2 is 1.10 bits per heavy atom. The lowest BCUT2D eigenvalue weighted by Crippen LogP contribution is -2.17. The Morgan fingerprint density at radius 1 is 0.508 bits per heavy atom. The minimum absolute atomic E-state index is 0.0419. The lowest BCUT2D eigenvalue weighted by Gasteiger charge is -2.25. The van der Waals surface area contributed by atoms with Gasteiger partial charge in [0.25, 0.3) is 0 Å². The van der Waals surface area contributed by atoms with Crippen molar-refractivity contribution in [2.75, 3.05) is 0 Å². The quantitative estimate of drug-likeness (QED) is 0.170. The van der Waals surface area contributed by atoms with Crippen LogP contribution in [-0.2, 0) is 5.41 Å². The summed E-state index contributed by atoms with van der Waals surface area (Å²) in [4.78, 5) is 15.1. The third-order valence-electron chi connectivity index (χ3n) is 12.5. The van der Waals surface area contributed by atoms with Crippen LogP contribution in [0.5, 0.6) is 0 Å². The van der Waals surface area contributed by atoms with E-state index in [9.17, 15) is 0 Å². The minimum Gasteiger partial charge on any atom is -0.309 e. The molecule has 2 aromatic heterocycles. The van der Waals surface area contributed by atoms with Crippen molar-refractivity contribution in [1.29, 1.82) is 0 Å². The van der Waals surface area contributed by atoms with Crippen molar-refractivity contribution in [3.63, 3.8) is 0 Å². The molecule has 0 aliphatic heterocycles. The molecule has 0 spiro atoms. The van der Waals surface area contributed by atoms with E-state index >= 15 is 0 Å². The fraction of sp³-hybridized carbons (Fsp3) is 0.109. The number of hydrogen-bond donors (Lipinski definition) is 0. The molecule has 2 heterocycles. The molecule has 59 heavy (non-hydrogen) atoms. The monoisotopic (exact) mass is 758 g/mol. The summed E-state index contributed by atoms with van der Waals surface area (Å²) in [6, 6.07) is 60.6. The number of nitrogens with zero attached hydrogens (tertiary/aromatic N) is 4. The van der Waals surface area contributed by atoms with Crippen LogP contribution in [0.25, 0.3) is 89.5 Å².